The van der Waals surface area contributed by atoms with Crippen LogP contribution in [0.2, 0.25) is 0 Å². The number of nitrogens with one attached hydrogen (secondary N) is 2. The number of carboxylic acid groups (broad SMARTS) is 1. The van der Waals surface area contributed by atoms with E-state index in [0.717, 1.165) is 21.2 Å². The first-order chi connectivity index (χ1) is 28.0. The number of aliphatic hydroxyl groups is 3. The van der Waals surface area contributed by atoms with Crippen LogP contribution in [0.3, 0.4) is 0 Å². The van der Waals surface area contributed by atoms with E-state index in [4.69, 9.17) is 0 Å². The predicted molar refractivity (Wildman–Crippen MR) is 216 cm³/mol. The summed E-state index contributed by atoms with van der Waals surface area (Å²) < 4.78 is 0. The zero-order chi connectivity index (χ0) is 43.1. The highest BCUT2D eigenvalue weighted by molar-refractivity contribution is 5.96. The fourth-order valence-corrected chi connectivity index (χ4v) is 7.76. The van der Waals surface area contributed by atoms with Crippen LogP contribution in [-0.2, 0) is 40.0 Å². The highest BCUT2D eigenvalue weighted by Crippen LogP contribution is 2.37. The fourth-order valence-electron chi connectivity index (χ4n) is 7.76. The van der Waals surface area contributed by atoms with E-state index in [1.807, 2.05) is 42.5 Å². The summed E-state index contributed by atoms with van der Waals surface area (Å²) in [5.74, 6) is -6.60. The normalized spacial score (nSPS) is 23.2. The Labute approximate surface area is 342 Å². The van der Waals surface area contributed by atoms with Crippen LogP contribution in [0.4, 0.5) is 0 Å². The topological polar surface area (TPSA) is 231 Å². The van der Waals surface area contributed by atoms with Crippen molar-refractivity contribution < 1.29 is 54.0 Å². The van der Waals surface area contributed by atoms with Crippen LogP contribution >= 0.6 is 0 Å². The summed E-state index contributed by atoms with van der Waals surface area (Å²) in [4.78, 5) is 95.0. The first-order valence-electron chi connectivity index (χ1n) is 19.7. The number of carboxylic acids is 1. The Morgan fingerprint density at radius 1 is 0.966 bits per heavy atom. The summed E-state index contributed by atoms with van der Waals surface area (Å²) in [6, 6.07) is 8.36. The third kappa shape index (κ3) is 10.6. The van der Waals surface area contributed by atoms with Gasteiger partial charge in [0.2, 0.25) is 23.6 Å². The SMILES string of the molecule is C[C@@H]1CC(=O)[C@@H](N(C)C(=O)CCC(=O)[C@@H](C)NC(=O)[C@@H](CO)N(C)C(=O)Cc2ccc3ccccc3c2)[C@H]2C=CC(O)=C(C2)C2=CC(=CCC2O)C[C@@H](C(=O)O)NC1=O. The monoisotopic (exact) mass is 812 g/mol. The molecule has 0 fully saturated rings. The molecular formula is C44H52N4O11. The van der Waals surface area contributed by atoms with Gasteiger partial charge < -0.3 is 40.9 Å². The summed E-state index contributed by atoms with van der Waals surface area (Å²) in [5, 5.41) is 48.8. The summed E-state index contributed by atoms with van der Waals surface area (Å²) in [5.41, 5.74) is 1.92. The number of aliphatic carboxylic acids is 1. The van der Waals surface area contributed by atoms with E-state index in [2.05, 4.69) is 10.6 Å². The van der Waals surface area contributed by atoms with Gasteiger partial charge in [-0.15, -0.1) is 0 Å². The molecule has 0 saturated carbocycles. The van der Waals surface area contributed by atoms with Crippen molar-refractivity contribution in [1.29, 1.82) is 0 Å². The van der Waals surface area contributed by atoms with Crippen LogP contribution < -0.4 is 10.6 Å². The molecular weight excluding hydrogens is 761 g/mol. The Hall–Kier alpha value is -5.93. The van der Waals surface area contributed by atoms with E-state index in [0.29, 0.717) is 16.7 Å². The number of hydrogen-bond acceptors (Lipinski definition) is 10. The van der Waals surface area contributed by atoms with Crippen molar-refractivity contribution >= 4 is 51.9 Å². The molecule has 0 aromatic heterocycles. The molecule has 4 amide bonds. The molecule has 15 heteroatoms. The van der Waals surface area contributed by atoms with Crippen LogP contribution in [0.1, 0.15) is 57.9 Å². The van der Waals surface area contributed by atoms with Crippen molar-refractivity contribution in [2.75, 3.05) is 20.7 Å². The first-order valence-corrected chi connectivity index (χ1v) is 19.7. The molecule has 0 radical (unpaired) electrons. The Balaban J connectivity index is 1.25. The Bertz CT molecular complexity index is 2140. The second-order valence-electron chi connectivity index (χ2n) is 15.6. The molecule has 1 aliphatic heterocycles. The smallest absolute Gasteiger partial charge is 0.326 e. The summed E-state index contributed by atoms with van der Waals surface area (Å²) in [6.45, 7) is 2.20. The Morgan fingerprint density at radius 2 is 1.68 bits per heavy atom. The minimum Gasteiger partial charge on any atom is -0.508 e. The van der Waals surface area contributed by atoms with Gasteiger partial charge in [0.05, 0.1) is 31.2 Å². The van der Waals surface area contributed by atoms with Crippen LogP contribution in [0.15, 0.2) is 89.2 Å². The summed E-state index contributed by atoms with van der Waals surface area (Å²) in [6.07, 6.45) is 4.18. The van der Waals surface area contributed by atoms with Gasteiger partial charge in [0.1, 0.15) is 17.8 Å². The van der Waals surface area contributed by atoms with Crippen LogP contribution in [0, 0.1) is 11.8 Å². The van der Waals surface area contributed by atoms with Gasteiger partial charge in [0, 0.05) is 57.2 Å². The number of nitrogens with zero attached hydrogens (tertiary/aromatic N) is 2. The highest BCUT2D eigenvalue weighted by atomic mass is 16.4. The summed E-state index contributed by atoms with van der Waals surface area (Å²) in [7, 11) is 2.79. The summed E-state index contributed by atoms with van der Waals surface area (Å²) >= 11 is 0. The molecule has 314 valence electrons. The minimum absolute atomic E-state index is 0.0243. The number of amides is 4. The fraction of sp³-hybridized carbons (Fsp3) is 0.432. The Kier molecular flexibility index (Phi) is 14.4. The van der Waals surface area contributed by atoms with E-state index < -0.39 is 89.9 Å². The van der Waals surface area contributed by atoms with Crippen molar-refractivity contribution in [1.82, 2.24) is 20.4 Å². The van der Waals surface area contributed by atoms with E-state index in [9.17, 15) is 54.0 Å². The van der Waals surface area contributed by atoms with Gasteiger partial charge >= 0.3 is 5.97 Å². The first kappa shape index (κ1) is 44.2. The molecule has 3 aliphatic rings. The minimum atomic E-state index is -1.33. The number of fused-ring (bicyclic) bond motifs is 5. The van der Waals surface area contributed by atoms with Crippen LogP contribution in [-0.4, -0.2) is 122 Å². The number of carbonyl (C=O) groups is 7. The lowest BCUT2D eigenvalue weighted by Crippen LogP contribution is -2.53. The number of benzene rings is 2. The standard InChI is InChI=1S/C44H52N4O11/c1-24-17-38(53)41(30-12-14-37(52)32(22-30)31-19-27(10-13-36(31)51)20-33(44(58)59)46-42(24)56)48(4)39(54)16-15-35(50)25(2)45-43(57)34(23-49)47(3)40(55)21-26-9-11-28-7-5-6-8-29(28)18-26/h5-12,14,18-19,24-25,30,33-34,36,41,49,51-52H,13,15-17,20-23H2,1-4H3,(H,45,57)(H,46,56)(H,58,59)/t24-,25-,30+,33+,34-,36?,41+/m1/s1. The van der Waals surface area contributed by atoms with Crippen LogP contribution in [0.5, 0.6) is 0 Å². The number of hydrogen-bond donors (Lipinski definition) is 6. The number of rotatable bonds is 12. The molecule has 7 atom stereocenters. The van der Waals surface area contributed by atoms with Gasteiger partial charge in [-0.2, -0.15) is 0 Å². The molecule has 0 spiro atoms. The lowest BCUT2D eigenvalue weighted by Gasteiger charge is -2.36. The van der Waals surface area contributed by atoms with E-state index >= 15 is 0 Å². The van der Waals surface area contributed by atoms with Crippen molar-refractivity contribution in [2.24, 2.45) is 11.8 Å². The maximum atomic E-state index is 14.0. The molecule has 6 N–H and O–H groups in total. The molecule has 4 bridgehead atoms. The Morgan fingerprint density at radius 3 is 2.37 bits per heavy atom. The second kappa shape index (κ2) is 19.2. The van der Waals surface area contributed by atoms with Crippen LogP contribution in [0.25, 0.3) is 10.8 Å². The van der Waals surface area contributed by atoms with Gasteiger partial charge in [0.15, 0.2) is 11.6 Å². The average Bonchev–Trinajstić information content (AvgIpc) is 3.20. The van der Waals surface area contributed by atoms with Crippen molar-refractivity contribution in [3.63, 3.8) is 0 Å². The van der Waals surface area contributed by atoms with Crippen molar-refractivity contribution in [3.05, 3.63) is 94.8 Å². The van der Waals surface area contributed by atoms with Crippen molar-refractivity contribution in [2.45, 2.75) is 89.1 Å². The third-order valence-electron chi connectivity index (χ3n) is 11.4. The molecule has 1 heterocycles. The third-order valence-corrected chi connectivity index (χ3v) is 11.4. The molecule has 2 aromatic carbocycles. The van der Waals surface area contributed by atoms with Crippen molar-refractivity contribution in [3.8, 4) is 0 Å². The molecule has 2 aliphatic carbocycles. The maximum Gasteiger partial charge on any atom is 0.326 e. The second-order valence-corrected chi connectivity index (χ2v) is 15.6. The number of carbonyl (C=O) groups excluding carboxylic acids is 6. The number of aliphatic hydroxyl groups excluding tert-OH is 3. The van der Waals surface area contributed by atoms with E-state index in [1.54, 1.807) is 18.2 Å². The number of likely N-dealkylation sites (N-methyl/N-ethyl adjacent to an activating group) is 2. The lowest BCUT2D eigenvalue weighted by molar-refractivity contribution is -0.143. The average molecular weight is 813 g/mol. The number of allylic oxidation sites excluding steroid dienone is 2. The zero-order valence-corrected chi connectivity index (χ0v) is 33.6. The quantitative estimate of drug-likeness (QED) is 0.182. The lowest BCUT2D eigenvalue weighted by atomic mass is 9.78. The van der Waals surface area contributed by atoms with E-state index in [-0.39, 0.29) is 50.7 Å². The molecule has 1 unspecified atom stereocenters. The van der Waals surface area contributed by atoms with Gasteiger partial charge in [-0.05, 0) is 53.3 Å². The van der Waals surface area contributed by atoms with Gasteiger partial charge in [-0.25, -0.2) is 4.79 Å². The number of ketones is 2. The molecule has 15 nitrogen and oxygen atoms in total. The van der Waals surface area contributed by atoms with Gasteiger partial charge in [0.25, 0.3) is 0 Å². The van der Waals surface area contributed by atoms with E-state index in [1.165, 1.54) is 38.9 Å². The maximum absolute atomic E-state index is 14.0. The molecule has 59 heavy (non-hydrogen) atoms. The van der Waals surface area contributed by atoms with Gasteiger partial charge in [-0.1, -0.05) is 67.6 Å². The molecule has 0 saturated heterocycles. The highest BCUT2D eigenvalue weighted by Gasteiger charge is 2.39. The zero-order valence-electron chi connectivity index (χ0n) is 33.6. The number of Topliss-reactive ketones (excluding diaryl/α,β-unsaturated/α-hetero) is 2. The van der Waals surface area contributed by atoms with Gasteiger partial charge in [-0.3, -0.25) is 28.8 Å². The molecule has 2 aromatic rings. The molecule has 5 rings (SSSR count). The largest absolute Gasteiger partial charge is 0.508 e. The predicted octanol–water partition coefficient (Wildman–Crippen LogP) is 2.46.